The molecule has 1 N–H and O–H groups in total. The Morgan fingerprint density at radius 3 is 2.57 bits per heavy atom. The van der Waals surface area contributed by atoms with Crippen molar-refractivity contribution in [2.24, 2.45) is 0 Å². The van der Waals surface area contributed by atoms with Crippen molar-refractivity contribution in [1.82, 2.24) is 9.88 Å². The van der Waals surface area contributed by atoms with E-state index in [9.17, 15) is 9.18 Å². The predicted octanol–water partition coefficient (Wildman–Crippen LogP) is 4.00. The lowest BCUT2D eigenvalue weighted by Gasteiger charge is -2.38. The van der Waals surface area contributed by atoms with Gasteiger partial charge in [-0.25, -0.2) is 4.39 Å². The monoisotopic (exact) mass is 377 g/mol. The molecule has 2 aliphatic rings. The Labute approximate surface area is 163 Å². The van der Waals surface area contributed by atoms with Crippen molar-refractivity contribution in [2.45, 2.75) is 25.2 Å². The van der Waals surface area contributed by atoms with E-state index < -0.39 is 5.41 Å². The Balaban J connectivity index is 1.34. The van der Waals surface area contributed by atoms with Crippen LogP contribution < -0.4 is 4.90 Å². The van der Waals surface area contributed by atoms with Gasteiger partial charge in [-0.15, -0.1) is 0 Å². The molecule has 1 saturated heterocycles. The van der Waals surface area contributed by atoms with Crippen LogP contribution in [0.3, 0.4) is 0 Å². The lowest BCUT2D eigenvalue weighted by Crippen LogP contribution is -2.51. The van der Waals surface area contributed by atoms with Crippen LogP contribution >= 0.6 is 0 Å². The minimum absolute atomic E-state index is 0.224. The highest BCUT2D eigenvalue weighted by Crippen LogP contribution is 2.51. The van der Waals surface area contributed by atoms with Crippen molar-refractivity contribution >= 4 is 22.5 Å². The third-order valence-corrected chi connectivity index (χ3v) is 6.25. The molecule has 1 aromatic heterocycles. The van der Waals surface area contributed by atoms with E-state index in [1.54, 1.807) is 6.07 Å². The second-order valence-corrected chi connectivity index (χ2v) is 8.09. The fourth-order valence-corrected chi connectivity index (χ4v) is 4.51. The lowest BCUT2D eigenvalue weighted by atomic mass is 9.93. The molecule has 0 spiro atoms. The fraction of sp³-hybridized carbons (Fsp3) is 0.348. The number of carbonyl (C=O) groups excluding carboxylic acids is 1. The third-order valence-electron chi connectivity index (χ3n) is 6.25. The molecule has 28 heavy (non-hydrogen) atoms. The Bertz CT molecular complexity index is 1040. The maximum Gasteiger partial charge on any atom is 0.233 e. The summed E-state index contributed by atoms with van der Waals surface area (Å²) >= 11 is 0. The number of hydrogen-bond acceptors (Lipinski definition) is 2. The molecular weight excluding hydrogens is 353 g/mol. The van der Waals surface area contributed by atoms with Crippen molar-refractivity contribution in [2.75, 3.05) is 31.1 Å². The van der Waals surface area contributed by atoms with E-state index in [2.05, 4.69) is 41.1 Å². The second-order valence-electron chi connectivity index (χ2n) is 8.09. The molecule has 1 aliphatic carbocycles. The summed E-state index contributed by atoms with van der Waals surface area (Å²) in [5.74, 6) is -0.0361. The number of benzene rings is 2. The quantitative estimate of drug-likeness (QED) is 0.749. The van der Waals surface area contributed by atoms with Gasteiger partial charge in [0.25, 0.3) is 0 Å². The van der Waals surface area contributed by atoms with Gasteiger partial charge in [-0.1, -0.05) is 12.1 Å². The summed E-state index contributed by atoms with van der Waals surface area (Å²) in [4.78, 5) is 20.9. The van der Waals surface area contributed by atoms with Gasteiger partial charge in [0.05, 0.1) is 5.41 Å². The minimum atomic E-state index is -0.429. The highest BCUT2D eigenvalue weighted by atomic mass is 19.1. The van der Waals surface area contributed by atoms with Gasteiger partial charge in [-0.3, -0.25) is 4.79 Å². The first-order valence-electron chi connectivity index (χ1n) is 9.95. The molecule has 5 rings (SSSR count). The molecule has 3 aromatic rings. The van der Waals surface area contributed by atoms with Crippen molar-refractivity contribution in [1.29, 1.82) is 0 Å². The highest BCUT2D eigenvalue weighted by molar-refractivity contribution is 5.97. The van der Waals surface area contributed by atoms with Crippen LogP contribution in [-0.4, -0.2) is 42.0 Å². The molecule has 1 aliphatic heterocycles. The number of rotatable bonds is 3. The van der Waals surface area contributed by atoms with Crippen LogP contribution in [0.25, 0.3) is 10.9 Å². The van der Waals surface area contributed by atoms with Crippen molar-refractivity contribution < 1.29 is 9.18 Å². The van der Waals surface area contributed by atoms with Gasteiger partial charge in [0.1, 0.15) is 5.82 Å². The Hall–Kier alpha value is -2.82. The Kier molecular flexibility index (Phi) is 3.93. The second kappa shape index (κ2) is 6.36. The number of halogens is 1. The van der Waals surface area contributed by atoms with Crippen LogP contribution in [0.15, 0.2) is 48.7 Å². The van der Waals surface area contributed by atoms with Crippen molar-refractivity contribution in [3.63, 3.8) is 0 Å². The average molecular weight is 377 g/mol. The molecule has 4 nitrogen and oxygen atoms in total. The molecule has 144 valence electrons. The van der Waals surface area contributed by atoms with E-state index in [0.29, 0.717) is 0 Å². The van der Waals surface area contributed by atoms with Gasteiger partial charge in [-0.2, -0.15) is 0 Å². The Morgan fingerprint density at radius 1 is 1.07 bits per heavy atom. The van der Waals surface area contributed by atoms with Gasteiger partial charge in [0.15, 0.2) is 0 Å². The first-order chi connectivity index (χ1) is 13.6. The van der Waals surface area contributed by atoms with Gasteiger partial charge >= 0.3 is 0 Å². The zero-order valence-electron chi connectivity index (χ0n) is 16.0. The number of carbonyl (C=O) groups is 1. The number of piperazine rings is 1. The number of aromatic amines is 1. The van der Waals surface area contributed by atoms with Crippen LogP contribution in [-0.2, 0) is 10.2 Å². The number of nitrogens with zero attached hydrogens (tertiary/aromatic N) is 2. The predicted molar refractivity (Wildman–Crippen MR) is 109 cm³/mol. The number of amides is 1. The van der Waals surface area contributed by atoms with Gasteiger partial charge in [0, 0.05) is 49.0 Å². The zero-order valence-corrected chi connectivity index (χ0v) is 16.0. The molecule has 2 fully saturated rings. The van der Waals surface area contributed by atoms with E-state index in [1.807, 2.05) is 11.1 Å². The Morgan fingerprint density at radius 2 is 1.86 bits per heavy atom. The molecule has 2 heterocycles. The number of nitrogens with one attached hydrogen (secondary N) is 1. The number of H-pyrrole nitrogens is 1. The van der Waals surface area contributed by atoms with Crippen LogP contribution in [0.5, 0.6) is 0 Å². The molecule has 0 atom stereocenters. The van der Waals surface area contributed by atoms with E-state index in [-0.39, 0.29) is 11.7 Å². The summed E-state index contributed by atoms with van der Waals surface area (Å²) in [6.07, 6.45) is 3.64. The zero-order chi connectivity index (χ0) is 19.3. The number of aromatic nitrogens is 1. The summed E-state index contributed by atoms with van der Waals surface area (Å²) in [6, 6.07) is 13.3. The van der Waals surface area contributed by atoms with Gasteiger partial charge < -0.3 is 14.8 Å². The first-order valence-corrected chi connectivity index (χ1v) is 9.95. The summed E-state index contributed by atoms with van der Waals surface area (Å²) in [7, 11) is 0. The first kappa shape index (κ1) is 17.3. The van der Waals surface area contributed by atoms with Crippen molar-refractivity contribution in [3.05, 3.63) is 65.6 Å². The van der Waals surface area contributed by atoms with E-state index >= 15 is 0 Å². The number of hydrogen-bond donors (Lipinski definition) is 1. The van der Waals surface area contributed by atoms with Gasteiger partial charge in [-0.05, 0) is 61.2 Å². The van der Waals surface area contributed by atoms with Crippen LogP contribution in [0.2, 0.25) is 0 Å². The summed E-state index contributed by atoms with van der Waals surface area (Å²) in [6.45, 7) is 5.29. The molecule has 5 heteroatoms. The maximum atomic E-state index is 13.5. The van der Waals surface area contributed by atoms with Crippen molar-refractivity contribution in [3.8, 4) is 0 Å². The number of anilines is 1. The maximum absolute atomic E-state index is 13.5. The summed E-state index contributed by atoms with van der Waals surface area (Å²) in [5, 5.41) is 0.964. The highest BCUT2D eigenvalue weighted by Gasteiger charge is 2.54. The lowest BCUT2D eigenvalue weighted by molar-refractivity contribution is -0.134. The molecule has 0 radical (unpaired) electrons. The molecule has 1 saturated carbocycles. The average Bonchev–Trinajstić information content (AvgIpc) is 3.41. The topological polar surface area (TPSA) is 39.3 Å². The van der Waals surface area contributed by atoms with E-state index in [0.717, 1.165) is 55.5 Å². The largest absolute Gasteiger partial charge is 0.368 e. The van der Waals surface area contributed by atoms with Crippen LogP contribution in [0.1, 0.15) is 24.0 Å². The van der Waals surface area contributed by atoms with Crippen LogP contribution in [0, 0.1) is 12.7 Å². The van der Waals surface area contributed by atoms with Crippen LogP contribution in [0.4, 0.5) is 10.1 Å². The SMILES string of the molecule is Cc1cccc(N2CCN(C(=O)C3(c4c[nH]c5cc(F)ccc45)CC3)CC2)c1. The number of aryl methyl sites for hydroxylation is 1. The standard InChI is InChI=1S/C23H24FN3O/c1-16-3-2-4-18(13-16)26-9-11-27(12-10-26)22(28)23(7-8-23)20-15-25-21-14-17(24)5-6-19(20)21/h2-6,13-15,25H,7-12H2,1H3. The molecular formula is C23H24FN3O. The van der Waals surface area contributed by atoms with E-state index in [1.165, 1.54) is 23.4 Å². The summed E-state index contributed by atoms with van der Waals surface area (Å²) < 4.78 is 13.5. The third kappa shape index (κ3) is 2.77. The molecule has 1 amide bonds. The summed E-state index contributed by atoms with van der Waals surface area (Å²) in [5.41, 5.74) is 3.84. The normalized spacial score (nSPS) is 18.5. The number of fused-ring (bicyclic) bond motifs is 1. The van der Waals surface area contributed by atoms with Gasteiger partial charge in [0.2, 0.25) is 5.91 Å². The molecule has 0 unspecified atom stereocenters. The molecule has 2 aromatic carbocycles. The minimum Gasteiger partial charge on any atom is -0.368 e. The smallest absolute Gasteiger partial charge is 0.233 e. The fourth-order valence-electron chi connectivity index (χ4n) is 4.51. The molecule has 0 bridgehead atoms. The van der Waals surface area contributed by atoms with E-state index in [4.69, 9.17) is 0 Å².